The first-order chi connectivity index (χ1) is 5.90. The average Bonchev–Trinajstić information content (AvgIpc) is 2.31. The van der Waals surface area contributed by atoms with E-state index in [1.54, 1.807) is 0 Å². The number of hydrogen-bond donors (Lipinski definition) is 1. The van der Waals surface area contributed by atoms with E-state index in [2.05, 4.69) is 0 Å². The van der Waals surface area contributed by atoms with Gasteiger partial charge in [0.25, 0.3) is 0 Å². The maximum absolute atomic E-state index is 12.0. The summed E-state index contributed by atoms with van der Waals surface area (Å²) in [7, 11) is 0. The molecule has 1 fully saturated rings. The molecule has 76 valence electrons. The third-order valence-corrected chi connectivity index (χ3v) is 2.09. The largest absolute Gasteiger partial charge is 1.00 e. The van der Waals surface area contributed by atoms with Crippen LogP contribution in [-0.2, 0) is 4.79 Å². The standard InChI is InChI=1S/C6H10BF3NO2.K/c8-7(9,10)4-11-3-1-2-5(11)6(12)13;/h5H,1-4H2,(H,12,13);/q-1;+1. The Hall–Kier alpha value is 0.921. The smallest absolute Gasteiger partial charge is 0.480 e. The predicted octanol–water partition coefficient (Wildman–Crippen LogP) is -2.07. The number of hydrogen-bond acceptors (Lipinski definition) is 2. The van der Waals surface area contributed by atoms with Gasteiger partial charge in [-0.3, -0.25) is 4.79 Å². The number of halogens is 3. The van der Waals surface area contributed by atoms with Gasteiger partial charge in [0, 0.05) is 0 Å². The SMILES string of the molecule is O=C(O)C1CCCN1C[B-](F)(F)F.[K+]. The quantitative estimate of drug-likeness (QED) is 0.571. The van der Waals surface area contributed by atoms with E-state index in [1.165, 1.54) is 0 Å². The van der Waals surface area contributed by atoms with Crippen molar-refractivity contribution in [2.24, 2.45) is 0 Å². The summed E-state index contributed by atoms with van der Waals surface area (Å²) in [5, 5.41) is 8.58. The van der Waals surface area contributed by atoms with Crippen molar-refractivity contribution in [1.29, 1.82) is 0 Å². The Labute approximate surface area is 122 Å². The van der Waals surface area contributed by atoms with Crippen molar-refractivity contribution in [2.45, 2.75) is 18.9 Å². The Kier molecular flexibility index (Phi) is 6.24. The molecule has 1 unspecified atom stereocenters. The summed E-state index contributed by atoms with van der Waals surface area (Å²) < 4.78 is 35.9. The van der Waals surface area contributed by atoms with Crippen LogP contribution in [0, 0.1) is 0 Å². The van der Waals surface area contributed by atoms with E-state index < -0.39 is 25.4 Å². The summed E-state index contributed by atoms with van der Waals surface area (Å²) in [5.41, 5.74) is 0. The van der Waals surface area contributed by atoms with Crippen molar-refractivity contribution in [2.75, 3.05) is 13.0 Å². The normalized spacial score (nSPS) is 23.2. The van der Waals surface area contributed by atoms with Crippen LogP contribution in [0.3, 0.4) is 0 Å². The second kappa shape index (κ2) is 5.86. The Bertz CT molecular complexity index is 214. The van der Waals surface area contributed by atoms with Gasteiger partial charge in [-0.05, 0) is 25.8 Å². The number of aliphatic carboxylic acids is 1. The van der Waals surface area contributed by atoms with E-state index >= 15 is 0 Å². The zero-order valence-electron chi connectivity index (χ0n) is 7.92. The van der Waals surface area contributed by atoms with Crippen molar-refractivity contribution in [3.63, 3.8) is 0 Å². The molecule has 1 N–H and O–H groups in total. The summed E-state index contributed by atoms with van der Waals surface area (Å²) in [6, 6.07) is -0.941. The Balaban J connectivity index is 0.00000169. The van der Waals surface area contributed by atoms with E-state index in [1.807, 2.05) is 0 Å². The molecular weight excluding hydrogens is 225 g/mol. The van der Waals surface area contributed by atoms with Gasteiger partial charge in [-0.2, -0.15) is 0 Å². The van der Waals surface area contributed by atoms with Crippen LogP contribution >= 0.6 is 0 Å². The number of carbonyl (C=O) groups is 1. The van der Waals surface area contributed by atoms with E-state index in [4.69, 9.17) is 5.11 Å². The Morgan fingerprint density at radius 1 is 1.50 bits per heavy atom. The monoisotopic (exact) mass is 235 g/mol. The molecule has 0 aromatic rings. The minimum atomic E-state index is -4.91. The molecule has 0 radical (unpaired) electrons. The Morgan fingerprint density at radius 2 is 2.07 bits per heavy atom. The molecule has 0 saturated carbocycles. The first-order valence-electron chi connectivity index (χ1n) is 4.08. The third kappa shape index (κ3) is 4.63. The van der Waals surface area contributed by atoms with E-state index in [-0.39, 0.29) is 57.9 Å². The molecule has 0 spiro atoms. The molecule has 1 aliphatic heterocycles. The minimum Gasteiger partial charge on any atom is -0.480 e. The van der Waals surface area contributed by atoms with Gasteiger partial charge in [-0.15, -0.1) is 0 Å². The number of nitrogens with zero attached hydrogens (tertiary/aromatic N) is 1. The van der Waals surface area contributed by atoms with Crippen molar-refractivity contribution < 1.29 is 74.2 Å². The first kappa shape index (κ1) is 14.9. The van der Waals surface area contributed by atoms with Crippen molar-refractivity contribution in [1.82, 2.24) is 4.90 Å². The van der Waals surface area contributed by atoms with Gasteiger partial charge in [0.05, 0.1) is 0 Å². The van der Waals surface area contributed by atoms with Crippen LogP contribution in [0.4, 0.5) is 12.9 Å². The van der Waals surface area contributed by atoms with Gasteiger partial charge >= 0.3 is 64.3 Å². The van der Waals surface area contributed by atoms with Crippen LogP contribution in [0.25, 0.3) is 0 Å². The van der Waals surface area contributed by atoms with Crippen LogP contribution in [0.1, 0.15) is 12.8 Å². The van der Waals surface area contributed by atoms with Gasteiger partial charge in [-0.1, -0.05) is 0 Å². The summed E-state index contributed by atoms with van der Waals surface area (Å²) in [5.74, 6) is -1.16. The molecule has 0 aromatic carbocycles. The summed E-state index contributed by atoms with van der Waals surface area (Å²) >= 11 is 0. The van der Waals surface area contributed by atoms with Gasteiger partial charge in [0.1, 0.15) is 6.04 Å². The molecule has 8 heteroatoms. The Morgan fingerprint density at radius 3 is 2.50 bits per heavy atom. The maximum Gasteiger partial charge on any atom is 1.00 e. The molecule has 1 heterocycles. The van der Waals surface area contributed by atoms with Crippen molar-refractivity contribution in [3.8, 4) is 0 Å². The fourth-order valence-electron chi connectivity index (χ4n) is 1.59. The zero-order valence-corrected chi connectivity index (χ0v) is 11.0. The third-order valence-electron chi connectivity index (χ3n) is 2.09. The summed E-state index contributed by atoms with van der Waals surface area (Å²) in [4.78, 5) is 11.5. The van der Waals surface area contributed by atoms with Crippen LogP contribution in [0.5, 0.6) is 0 Å². The van der Waals surface area contributed by atoms with Gasteiger partial charge < -0.3 is 23.0 Å². The fraction of sp³-hybridized carbons (Fsp3) is 0.833. The fourth-order valence-corrected chi connectivity index (χ4v) is 1.59. The van der Waals surface area contributed by atoms with Gasteiger partial charge in [0.15, 0.2) is 0 Å². The molecule has 1 aliphatic rings. The molecule has 0 bridgehead atoms. The topological polar surface area (TPSA) is 40.5 Å². The minimum absolute atomic E-state index is 0. The molecule has 0 aromatic heterocycles. The zero-order chi connectivity index (χ0) is 10.1. The molecule has 0 aliphatic carbocycles. The summed E-state index contributed by atoms with van der Waals surface area (Å²) in [6.07, 6.45) is -0.207. The molecule has 3 nitrogen and oxygen atoms in total. The van der Waals surface area contributed by atoms with Crippen molar-refractivity contribution >= 4 is 12.9 Å². The van der Waals surface area contributed by atoms with Crippen LogP contribution < -0.4 is 51.4 Å². The van der Waals surface area contributed by atoms with Gasteiger partial charge in [0.2, 0.25) is 0 Å². The number of rotatable bonds is 3. The molecule has 1 atom stereocenters. The second-order valence-electron chi connectivity index (χ2n) is 3.20. The second-order valence-corrected chi connectivity index (χ2v) is 3.20. The predicted molar refractivity (Wildman–Crippen MR) is 41.3 cm³/mol. The van der Waals surface area contributed by atoms with E-state index in [0.717, 1.165) is 4.90 Å². The molecule has 1 saturated heterocycles. The van der Waals surface area contributed by atoms with Crippen LogP contribution in [0.15, 0.2) is 0 Å². The number of likely N-dealkylation sites (tertiary alicyclic amines) is 1. The molecule has 1 rings (SSSR count). The van der Waals surface area contributed by atoms with Crippen LogP contribution in [-0.4, -0.2) is 42.0 Å². The molecule has 0 amide bonds. The average molecular weight is 235 g/mol. The summed E-state index contributed by atoms with van der Waals surface area (Å²) in [6.45, 7) is -4.68. The maximum atomic E-state index is 12.0. The molecular formula is C6H10BF3KNO2. The van der Waals surface area contributed by atoms with E-state index in [9.17, 15) is 17.7 Å². The number of carboxylic acid groups (broad SMARTS) is 1. The first-order valence-corrected chi connectivity index (χ1v) is 4.08. The van der Waals surface area contributed by atoms with Gasteiger partial charge in [-0.25, -0.2) is 0 Å². The number of carboxylic acids is 1. The molecule has 14 heavy (non-hydrogen) atoms. The van der Waals surface area contributed by atoms with Crippen molar-refractivity contribution in [3.05, 3.63) is 0 Å². The van der Waals surface area contributed by atoms with Crippen LogP contribution in [0.2, 0.25) is 0 Å². The van der Waals surface area contributed by atoms with E-state index in [0.29, 0.717) is 12.8 Å².